The van der Waals surface area contributed by atoms with E-state index in [2.05, 4.69) is 10.3 Å². The second-order valence-corrected chi connectivity index (χ2v) is 4.62. The Bertz CT molecular complexity index is 614. The second-order valence-electron chi connectivity index (χ2n) is 4.62. The molecule has 0 aliphatic heterocycles. The first-order chi connectivity index (χ1) is 9.69. The molecule has 5 heteroatoms. The average molecular weight is 397 g/mol. The number of hydrogen-bond acceptors (Lipinski definition) is 2. The van der Waals surface area contributed by atoms with E-state index in [-0.39, 0.29) is 30.6 Å². The predicted octanol–water partition coefficient (Wildman–Crippen LogP) is 3.03. The lowest BCUT2D eigenvalue weighted by molar-refractivity contribution is 0.280. The summed E-state index contributed by atoms with van der Waals surface area (Å²) in [5, 5.41) is 12.3. The number of aliphatic hydroxyl groups excluding tert-OH is 1. The highest BCUT2D eigenvalue weighted by atomic mass is 127. The molecule has 0 atom stereocenters. The molecule has 2 aromatic rings. The second kappa shape index (κ2) is 8.63. The van der Waals surface area contributed by atoms with Gasteiger partial charge in [0.15, 0.2) is 5.96 Å². The monoisotopic (exact) mass is 397 g/mol. The summed E-state index contributed by atoms with van der Waals surface area (Å²) in [6.45, 7) is 2.48. The van der Waals surface area contributed by atoms with Crippen LogP contribution in [0.25, 0.3) is 0 Å². The first kappa shape index (κ1) is 17.5. The lowest BCUT2D eigenvalue weighted by Gasteiger charge is -2.08. The Morgan fingerprint density at radius 3 is 2.52 bits per heavy atom. The van der Waals surface area contributed by atoms with Crippen LogP contribution in [0.1, 0.15) is 16.7 Å². The number of nitrogens with two attached hydrogens (primary N) is 1. The van der Waals surface area contributed by atoms with Crippen LogP contribution in [0.15, 0.2) is 53.5 Å². The Labute approximate surface area is 142 Å². The van der Waals surface area contributed by atoms with Crippen LogP contribution in [0.3, 0.4) is 0 Å². The number of halogens is 1. The van der Waals surface area contributed by atoms with Crippen LogP contribution in [0, 0.1) is 6.92 Å². The van der Waals surface area contributed by atoms with Crippen molar-refractivity contribution < 1.29 is 5.11 Å². The van der Waals surface area contributed by atoms with E-state index in [1.54, 1.807) is 0 Å². The molecule has 21 heavy (non-hydrogen) atoms. The summed E-state index contributed by atoms with van der Waals surface area (Å²) in [5.74, 6) is 0.364. The van der Waals surface area contributed by atoms with Gasteiger partial charge in [-0.2, -0.15) is 0 Å². The van der Waals surface area contributed by atoms with Crippen molar-refractivity contribution in [1.29, 1.82) is 0 Å². The molecule has 0 aliphatic carbocycles. The van der Waals surface area contributed by atoms with Gasteiger partial charge in [-0.1, -0.05) is 36.4 Å². The first-order valence-electron chi connectivity index (χ1n) is 6.50. The number of anilines is 1. The molecule has 2 rings (SSSR count). The number of aliphatic imine (C=N–C) groups is 1. The summed E-state index contributed by atoms with van der Waals surface area (Å²) in [4.78, 5) is 4.30. The molecule has 0 bridgehead atoms. The third kappa shape index (κ3) is 5.35. The Hall–Kier alpha value is -1.60. The fraction of sp³-hybridized carbons (Fsp3) is 0.188. The molecule has 0 spiro atoms. The van der Waals surface area contributed by atoms with Crippen molar-refractivity contribution in [2.75, 3.05) is 5.32 Å². The van der Waals surface area contributed by atoms with Crippen molar-refractivity contribution >= 4 is 35.6 Å². The molecule has 0 radical (unpaired) electrons. The van der Waals surface area contributed by atoms with Gasteiger partial charge in [-0.25, -0.2) is 4.99 Å². The van der Waals surface area contributed by atoms with E-state index >= 15 is 0 Å². The van der Waals surface area contributed by atoms with Gasteiger partial charge in [-0.05, 0) is 35.7 Å². The van der Waals surface area contributed by atoms with Gasteiger partial charge in [0, 0.05) is 5.69 Å². The molecule has 4 nitrogen and oxygen atoms in total. The number of aryl methyl sites for hydroxylation is 1. The van der Waals surface area contributed by atoms with E-state index in [1.807, 2.05) is 55.5 Å². The van der Waals surface area contributed by atoms with E-state index in [9.17, 15) is 5.11 Å². The van der Waals surface area contributed by atoms with Crippen molar-refractivity contribution in [3.8, 4) is 0 Å². The molecule has 0 saturated carbocycles. The minimum Gasteiger partial charge on any atom is -0.392 e. The minimum atomic E-state index is 0. The third-order valence-electron chi connectivity index (χ3n) is 3.00. The van der Waals surface area contributed by atoms with Crippen molar-refractivity contribution in [2.24, 2.45) is 10.7 Å². The number of nitrogens with zero attached hydrogens (tertiary/aromatic N) is 1. The van der Waals surface area contributed by atoms with Crippen LogP contribution in [0.2, 0.25) is 0 Å². The zero-order valence-corrected chi connectivity index (χ0v) is 14.2. The topological polar surface area (TPSA) is 70.6 Å². The van der Waals surface area contributed by atoms with Crippen molar-refractivity contribution in [3.63, 3.8) is 0 Å². The van der Waals surface area contributed by atoms with Crippen LogP contribution in [-0.4, -0.2) is 11.1 Å². The van der Waals surface area contributed by atoms with Crippen LogP contribution in [-0.2, 0) is 13.2 Å². The third-order valence-corrected chi connectivity index (χ3v) is 3.00. The Balaban J connectivity index is 0.00000220. The van der Waals surface area contributed by atoms with E-state index in [0.717, 1.165) is 22.4 Å². The van der Waals surface area contributed by atoms with Crippen LogP contribution < -0.4 is 11.1 Å². The lowest BCUT2D eigenvalue weighted by atomic mass is 10.1. The average Bonchev–Trinajstić information content (AvgIpc) is 2.45. The van der Waals surface area contributed by atoms with E-state index in [0.29, 0.717) is 12.5 Å². The number of benzene rings is 2. The van der Waals surface area contributed by atoms with Crippen molar-refractivity contribution in [3.05, 3.63) is 65.2 Å². The lowest BCUT2D eigenvalue weighted by Crippen LogP contribution is -2.22. The standard InChI is InChI=1S/C16H19N3O.HI/c1-12-5-4-8-15(9-12)19-16(17)18-10-13-6-2-3-7-14(13)11-20;/h2-9,20H,10-11H2,1H3,(H3,17,18,19);1H. The predicted molar refractivity (Wildman–Crippen MR) is 97.9 cm³/mol. The maximum Gasteiger partial charge on any atom is 0.193 e. The summed E-state index contributed by atoms with van der Waals surface area (Å²) in [6, 6.07) is 15.6. The Kier molecular flexibility index (Phi) is 7.18. The summed E-state index contributed by atoms with van der Waals surface area (Å²) in [5.41, 5.74) is 9.80. The van der Waals surface area contributed by atoms with Crippen LogP contribution in [0.5, 0.6) is 0 Å². The molecule has 0 amide bonds. The van der Waals surface area contributed by atoms with Crippen molar-refractivity contribution in [2.45, 2.75) is 20.1 Å². The Morgan fingerprint density at radius 2 is 1.86 bits per heavy atom. The van der Waals surface area contributed by atoms with Gasteiger partial charge < -0.3 is 16.2 Å². The largest absolute Gasteiger partial charge is 0.392 e. The maximum atomic E-state index is 9.25. The van der Waals surface area contributed by atoms with Gasteiger partial charge in [-0.3, -0.25) is 0 Å². The van der Waals surface area contributed by atoms with Crippen LogP contribution in [0.4, 0.5) is 5.69 Å². The molecular formula is C16H20IN3O. The number of guanidine groups is 1. The molecule has 4 N–H and O–H groups in total. The van der Waals surface area contributed by atoms with Crippen LogP contribution >= 0.6 is 24.0 Å². The quantitative estimate of drug-likeness (QED) is 0.422. The highest BCUT2D eigenvalue weighted by Gasteiger charge is 2.00. The highest BCUT2D eigenvalue weighted by Crippen LogP contribution is 2.11. The van der Waals surface area contributed by atoms with E-state index in [4.69, 9.17) is 5.73 Å². The molecule has 0 aliphatic rings. The number of nitrogens with one attached hydrogen (secondary N) is 1. The highest BCUT2D eigenvalue weighted by molar-refractivity contribution is 14.0. The van der Waals surface area contributed by atoms with E-state index < -0.39 is 0 Å². The molecule has 2 aromatic carbocycles. The SMILES string of the molecule is Cc1cccc(NC(N)=NCc2ccccc2CO)c1.I. The molecule has 0 unspecified atom stereocenters. The Morgan fingerprint density at radius 1 is 1.14 bits per heavy atom. The van der Waals surface area contributed by atoms with Gasteiger partial charge in [0.05, 0.1) is 13.2 Å². The maximum absolute atomic E-state index is 9.25. The number of hydrogen-bond donors (Lipinski definition) is 3. The molecule has 0 aromatic heterocycles. The molecule has 112 valence electrons. The normalized spacial score (nSPS) is 10.9. The molecular weight excluding hydrogens is 377 g/mol. The summed E-state index contributed by atoms with van der Waals surface area (Å²) in [7, 11) is 0. The zero-order chi connectivity index (χ0) is 14.4. The minimum absolute atomic E-state index is 0. The smallest absolute Gasteiger partial charge is 0.193 e. The summed E-state index contributed by atoms with van der Waals surface area (Å²) in [6.07, 6.45) is 0. The number of aliphatic hydroxyl groups is 1. The fourth-order valence-electron chi connectivity index (χ4n) is 1.95. The van der Waals surface area contributed by atoms with E-state index in [1.165, 1.54) is 0 Å². The van der Waals surface area contributed by atoms with Crippen molar-refractivity contribution in [1.82, 2.24) is 0 Å². The number of rotatable bonds is 4. The zero-order valence-electron chi connectivity index (χ0n) is 11.9. The van der Waals surface area contributed by atoms with Gasteiger partial charge in [-0.15, -0.1) is 24.0 Å². The van der Waals surface area contributed by atoms with Gasteiger partial charge in [0.2, 0.25) is 0 Å². The van der Waals surface area contributed by atoms with Gasteiger partial charge in [0.25, 0.3) is 0 Å². The summed E-state index contributed by atoms with van der Waals surface area (Å²) < 4.78 is 0. The van der Waals surface area contributed by atoms with Gasteiger partial charge in [0.1, 0.15) is 0 Å². The molecule has 0 fully saturated rings. The fourth-order valence-corrected chi connectivity index (χ4v) is 1.95. The molecule has 0 saturated heterocycles. The summed E-state index contributed by atoms with van der Waals surface area (Å²) >= 11 is 0. The molecule has 0 heterocycles. The van der Waals surface area contributed by atoms with Gasteiger partial charge >= 0.3 is 0 Å². The first-order valence-corrected chi connectivity index (χ1v) is 6.50.